The minimum atomic E-state index is 0.367. The third kappa shape index (κ3) is 2.42. The van der Waals surface area contributed by atoms with Crippen LogP contribution in [0.25, 0.3) is 5.69 Å². The number of nitrogens with zero attached hydrogens (tertiary/aromatic N) is 3. The van der Waals surface area contributed by atoms with Crippen molar-refractivity contribution in [2.24, 2.45) is 5.73 Å². The molecule has 0 amide bonds. The summed E-state index contributed by atoms with van der Waals surface area (Å²) in [5, 5.41) is 8.22. The lowest BCUT2D eigenvalue weighted by Crippen LogP contribution is -2.07. The van der Waals surface area contributed by atoms with Crippen molar-refractivity contribution in [2.75, 3.05) is 7.11 Å². The fourth-order valence-corrected chi connectivity index (χ4v) is 1.85. The first-order chi connectivity index (χ1) is 8.80. The molecule has 0 spiro atoms. The first-order valence-corrected chi connectivity index (χ1v) is 6.02. The molecule has 0 fully saturated rings. The lowest BCUT2D eigenvalue weighted by Gasteiger charge is -2.07. The van der Waals surface area contributed by atoms with Gasteiger partial charge in [-0.15, -0.1) is 5.10 Å². The Morgan fingerprint density at radius 2 is 2.00 bits per heavy atom. The quantitative estimate of drug-likeness (QED) is 0.866. The molecule has 0 aliphatic rings. The number of nitrogens with two attached hydrogens (primary N) is 1. The number of hydrogen-bond acceptors (Lipinski definition) is 4. The SMILES string of the molecule is CCc1ccc(-n2nnc(CN)c2COC)cc1. The summed E-state index contributed by atoms with van der Waals surface area (Å²) < 4.78 is 6.96. The maximum atomic E-state index is 5.65. The number of benzene rings is 1. The summed E-state index contributed by atoms with van der Waals surface area (Å²) in [6.45, 7) is 2.95. The first-order valence-electron chi connectivity index (χ1n) is 6.02. The van der Waals surface area contributed by atoms with E-state index in [0.717, 1.165) is 23.5 Å². The summed E-state index contributed by atoms with van der Waals surface area (Å²) in [7, 11) is 1.65. The number of hydrogen-bond donors (Lipinski definition) is 1. The summed E-state index contributed by atoms with van der Waals surface area (Å²) >= 11 is 0. The second kappa shape index (κ2) is 5.75. The van der Waals surface area contributed by atoms with Gasteiger partial charge in [-0.2, -0.15) is 0 Å². The van der Waals surface area contributed by atoms with Crippen LogP contribution >= 0.6 is 0 Å². The molecule has 5 heteroatoms. The van der Waals surface area contributed by atoms with Gasteiger partial charge in [0.25, 0.3) is 0 Å². The summed E-state index contributed by atoms with van der Waals surface area (Å²) in [6, 6.07) is 8.26. The minimum Gasteiger partial charge on any atom is -0.378 e. The smallest absolute Gasteiger partial charge is 0.102 e. The van der Waals surface area contributed by atoms with E-state index in [2.05, 4.69) is 29.4 Å². The zero-order valence-corrected chi connectivity index (χ0v) is 10.8. The standard InChI is InChI=1S/C13H18N4O/c1-3-10-4-6-11(7-5-10)17-13(9-18-2)12(8-14)15-16-17/h4-7H,3,8-9,14H2,1-2H3. The Morgan fingerprint density at radius 3 is 2.56 bits per heavy atom. The molecule has 96 valence electrons. The van der Waals surface area contributed by atoms with Crippen LogP contribution in [0.2, 0.25) is 0 Å². The van der Waals surface area contributed by atoms with Gasteiger partial charge in [-0.05, 0) is 24.1 Å². The average molecular weight is 246 g/mol. The van der Waals surface area contributed by atoms with Crippen molar-refractivity contribution in [3.8, 4) is 5.69 Å². The molecule has 1 aromatic carbocycles. The van der Waals surface area contributed by atoms with Crippen LogP contribution in [0.3, 0.4) is 0 Å². The number of rotatable bonds is 5. The van der Waals surface area contributed by atoms with Crippen molar-refractivity contribution in [2.45, 2.75) is 26.5 Å². The van der Waals surface area contributed by atoms with Crippen molar-refractivity contribution in [3.05, 3.63) is 41.2 Å². The lowest BCUT2D eigenvalue weighted by molar-refractivity contribution is 0.178. The van der Waals surface area contributed by atoms with Crippen LogP contribution in [-0.2, 0) is 24.3 Å². The zero-order chi connectivity index (χ0) is 13.0. The van der Waals surface area contributed by atoms with Crippen LogP contribution in [0.4, 0.5) is 0 Å². The molecule has 2 N–H and O–H groups in total. The minimum absolute atomic E-state index is 0.367. The van der Waals surface area contributed by atoms with Crippen LogP contribution in [0.1, 0.15) is 23.9 Å². The Labute approximate surface area is 107 Å². The summed E-state index contributed by atoms with van der Waals surface area (Å²) in [5.41, 5.74) is 9.60. The van der Waals surface area contributed by atoms with E-state index < -0.39 is 0 Å². The molecule has 0 radical (unpaired) electrons. The second-order valence-corrected chi connectivity index (χ2v) is 4.05. The van der Waals surface area contributed by atoms with Gasteiger partial charge in [-0.1, -0.05) is 24.3 Å². The molecule has 0 saturated carbocycles. The van der Waals surface area contributed by atoms with E-state index in [9.17, 15) is 0 Å². The topological polar surface area (TPSA) is 66.0 Å². The zero-order valence-electron chi connectivity index (χ0n) is 10.8. The fraction of sp³-hybridized carbons (Fsp3) is 0.385. The average Bonchev–Trinajstić information content (AvgIpc) is 2.82. The highest BCUT2D eigenvalue weighted by Gasteiger charge is 2.12. The van der Waals surface area contributed by atoms with Gasteiger partial charge in [0.1, 0.15) is 5.69 Å². The van der Waals surface area contributed by atoms with E-state index in [0.29, 0.717) is 13.2 Å². The first kappa shape index (κ1) is 12.7. The highest BCUT2D eigenvalue weighted by atomic mass is 16.5. The molecule has 0 saturated heterocycles. The molecule has 18 heavy (non-hydrogen) atoms. The van der Waals surface area contributed by atoms with E-state index in [1.54, 1.807) is 11.8 Å². The molecule has 2 aromatic rings. The third-order valence-corrected chi connectivity index (χ3v) is 2.91. The molecule has 1 heterocycles. The monoisotopic (exact) mass is 246 g/mol. The van der Waals surface area contributed by atoms with Gasteiger partial charge in [0.2, 0.25) is 0 Å². The van der Waals surface area contributed by atoms with Gasteiger partial charge in [0.15, 0.2) is 0 Å². The Bertz CT molecular complexity index is 504. The van der Waals surface area contributed by atoms with Gasteiger partial charge in [0.05, 0.1) is 18.0 Å². The van der Waals surface area contributed by atoms with E-state index in [1.165, 1.54) is 5.56 Å². The molecule has 0 atom stereocenters. The number of ether oxygens (including phenoxy) is 1. The maximum Gasteiger partial charge on any atom is 0.102 e. The van der Waals surface area contributed by atoms with Gasteiger partial charge in [-0.25, -0.2) is 4.68 Å². The summed E-state index contributed by atoms with van der Waals surface area (Å²) in [6.07, 6.45) is 1.02. The van der Waals surface area contributed by atoms with Crippen LogP contribution in [0, 0.1) is 0 Å². The highest BCUT2D eigenvalue weighted by Crippen LogP contribution is 2.15. The Morgan fingerprint density at radius 1 is 1.28 bits per heavy atom. The normalized spacial score (nSPS) is 10.8. The largest absolute Gasteiger partial charge is 0.378 e. The van der Waals surface area contributed by atoms with Gasteiger partial charge in [-0.3, -0.25) is 0 Å². The molecule has 0 aliphatic carbocycles. The molecule has 0 unspecified atom stereocenters. The van der Waals surface area contributed by atoms with E-state index in [-0.39, 0.29) is 0 Å². The third-order valence-electron chi connectivity index (χ3n) is 2.91. The van der Waals surface area contributed by atoms with E-state index in [1.807, 2.05) is 12.1 Å². The van der Waals surface area contributed by atoms with Crippen molar-refractivity contribution in [3.63, 3.8) is 0 Å². The molecule has 2 rings (SSSR count). The van der Waals surface area contributed by atoms with Crippen LogP contribution in [-0.4, -0.2) is 22.1 Å². The molecular formula is C13H18N4O. The predicted molar refractivity (Wildman–Crippen MR) is 69.3 cm³/mol. The maximum absolute atomic E-state index is 5.65. The summed E-state index contributed by atoms with van der Waals surface area (Å²) in [5.74, 6) is 0. The van der Waals surface area contributed by atoms with Crippen LogP contribution in [0.15, 0.2) is 24.3 Å². The number of methoxy groups -OCH3 is 1. The predicted octanol–water partition coefficient (Wildman–Crippen LogP) is 1.43. The number of aryl methyl sites for hydroxylation is 1. The lowest BCUT2D eigenvalue weighted by atomic mass is 10.1. The van der Waals surface area contributed by atoms with E-state index in [4.69, 9.17) is 10.5 Å². The van der Waals surface area contributed by atoms with Crippen LogP contribution < -0.4 is 5.73 Å². The van der Waals surface area contributed by atoms with Crippen molar-refractivity contribution >= 4 is 0 Å². The Balaban J connectivity index is 2.39. The van der Waals surface area contributed by atoms with E-state index >= 15 is 0 Å². The van der Waals surface area contributed by atoms with Crippen molar-refractivity contribution in [1.82, 2.24) is 15.0 Å². The molecule has 1 aromatic heterocycles. The molecule has 0 bridgehead atoms. The fourth-order valence-electron chi connectivity index (χ4n) is 1.85. The number of aromatic nitrogens is 3. The van der Waals surface area contributed by atoms with Gasteiger partial charge in [0, 0.05) is 13.7 Å². The summed E-state index contributed by atoms with van der Waals surface area (Å²) in [4.78, 5) is 0. The second-order valence-electron chi connectivity index (χ2n) is 4.05. The molecule has 0 aliphatic heterocycles. The Hall–Kier alpha value is -1.72. The van der Waals surface area contributed by atoms with Crippen molar-refractivity contribution in [1.29, 1.82) is 0 Å². The van der Waals surface area contributed by atoms with Gasteiger partial charge >= 0.3 is 0 Å². The Kier molecular flexibility index (Phi) is 4.07. The highest BCUT2D eigenvalue weighted by molar-refractivity contribution is 5.36. The molecule has 5 nitrogen and oxygen atoms in total. The molecular weight excluding hydrogens is 228 g/mol. The van der Waals surface area contributed by atoms with Crippen molar-refractivity contribution < 1.29 is 4.74 Å². The van der Waals surface area contributed by atoms with Crippen LogP contribution in [0.5, 0.6) is 0 Å². The van der Waals surface area contributed by atoms with Gasteiger partial charge < -0.3 is 10.5 Å².